The molecule has 1 N–H and O–H groups in total. The van der Waals surface area contributed by atoms with Crippen molar-refractivity contribution in [2.24, 2.45) is 0 Å². The highest BCUT2D eigenvalue weighted by atomic mass is 32.2. The van der Waals surface area contributed by atoms with E-state index in [0.717, 1.165) is 18.4 Å². The lowest BCUT2D eigenvalue weighted by Gasteiger charge is -2.26. The molecule has 1 aliphatic heterocycles. The summed E-state index contributed by atoms with van der Waals surface area (Å²) >= 11 is 1.98. The third kappa shape index (κ3) is 4.50. The molecule has 1 aliphatic rings. The van der Waals surface area contributed by atoms with Crippen molar-refractivity contribution < 1.29 is 8.42 Å². The van der Waals surface area contributed by atoms with Crippen molar-refractivity contribution in [3.05, 3.63) is 29.8 Å². The summed E-state index contributed by atoms with van der Waals surface area (Å²) in [6, 6.07) is 7.57. The van der Waals surface area contributed by atoms with E-state index in [1.54, 1.807) is 12.1 Å². The van der Waals surface area contributed by atoms with Gasteiger partial charge in [0, 0.05) is 12.1 Å². The summed E-state index contributed by atoms with van der Waals surface area (Å²) in [7, 11) is -3.19. The summed E-state index contributed by atoms with van der Waals surface area (Å²) in [5, 5.41) is 3.46. The highest BCUT2D eigenvalue weighted by Crippen LogP contribution is 2.18. The Bertz CT molecular complexity index is 519. The first-order chi connectivity index (χ1) is 9.47. The number of hydrogen-bond donors (Lipinski definition) is 1. The van der Waals surface area contributed by atoms with Gasteiger partial charge < -0.3 is 5.32 Å². The van der Waals surface area contributed by atoms with Crippen molar-refractivity contribution in [1.82, 2.24) is 5.32 Å². The lowest BCUT2D eigenvalue weighted by molar-refractivity contribution is 0.438. The molecule has 1 atom stereocenters. The number of hydrogen-bond acceptors (Lipinski definition) is 4. The molecule has 20 heavy (non-hydrogen) atoms. The summed E-state index contributed by atoms with van der Waals surface area (Å²) < 4.78 is 24.7. The average Bonchev–Trinajstić information content (AvgIpc) is 2.39. The summed E-state index contributed by atoms with van der Waals surface area (Å²) in [5.41, 5.74) is 1.08. The number of aryl methyl sites for hydroxylation is 1. The van der Waals surface area contributed by atoms with E-state index >= 15 is 0 Å². The fourth-order valence-electron chi connectivity index (χ4n) is 2.49. The molecule has 1 aromatic rings. The lowest BCUT2D eigenvalue weighted by Crippen LogP contribution is -2.42. The summed E-state index contributed by atoms with van der Waals surface area (Å²) in [4.78, 5) is 0.427. The number of rotatable bonds is 5. The van der Waals surface area contributed by atoms with Crippen LogP contribution in [-0.4, -0.2) is 37.8 Å². The van der Waals surface area contributed by atoms with Crippen LogP contribution in [0.3, 0.4) is 0 Å². The smallest absolute Gasteiger partial charge is 0.179 e. The normalized spacial score (nSPS) is 18.9. The number of nitrogens with one attached hydrogen (secondary N) is 1. The van der Waals surface area contributed by atoms with Crippen molar-refractivity contribution in [3.63, 3.8) is 0 Å². The topological polar surface area (TPSA) is 46.2 Å². The molecule has 0 amide bonds. The van der Waals surface area contributed by atoms with Gasteiger partial charge in [-0.3, -0.25) is 0 Å². The molecule has 0 radical (unpaired) electrons. The molecule has 0 saturated carbocycles. The van der Waals surface area contributed by atoms with Crippen molar-refractivity contribution in [2.75, 3.05) is 17.3 Å². The van der Waals surface area contributed by atoms with E-state index in [1.807, 2.05) is 37.7 Å². The quantitative estimate of drug-likeness (QED) is 0.908. The Kier molecular flexibility index (Phi) is 5.52. The Morgan fingerprint density at radius 3 is 2.45 bits per heavy atom. The Hall–Kier alpha value is -0.520. The maximum atomic E-state index is 12.4. The van der Waals surface area contributed by atoms with E-state index in [1.165, 1.54) is 11.5 Å². The molecule has 0 aliphatic carbocycles. The predicted molar refractivity (Wildman–Crippen MR) is 86.2 cm³/mol. The second kappa shape index (κ2) is 6.96. The predicted octanol–water partition coefficient (Wildman–Crippen LogP) is 2.64. The van der Waals surface area contributed by atoms with E-state index in [2.05, 4.69) is 5.32 Å². The van der Waals surface area contributed by atoms with Crippen molar-refractivity contribution in [1.29, 1.82) is 0 Å². The zero-order valence-electron chi connectivity index (χ0n) is 12.1. The fourth-order valence-corrected chi connectivity index (χ4v) is 5.09. The Labute approximate surface area is 126 Å². The zero-order valence-corrected chi connectivity index (χ0v) is 13.8. The van der Waals surface area contributed by atoms with Gasteiger partial charge in [0.2, 0.25) is 0 Å². The number of benzene rings is 1. The molecule has 3 nitrogen and oxygen atoms in total. The minimum absolute atomic E-state index is 0.00518. The molecule has 1 aromatic carbocycles. The van der Waals surface area contributed by atoms with Crippen LogP contribution < -0.4 is 5.32 Å². The van der Waals surface area contributed by atoms with Crippen LogP contribution in [0.2, 0.25) is 0 Å². The molecule has 0 bridgehead atoms. The Balaban J connectivity index is 1.95. The molecular weight excluding hydrogens is 290 g/mol. The van der Waals surface area contributed by atoms with Crippen LogP contribution >= 0.6 is 11.8 Å². The van der Waals surface area contributed by atoms with Crippen LogP contribution in [0, 0.1) is 6.92 Å². The standard InChI is InChI=1S/C15H23NO2S2/c1-12-3-5-15(6-4-12)20(17,18)11-13(2)16-14-7-9-19-10-8-14/h3-6,13-14,16H,7-11H2,1-2H3/t13-/m0/s1. The zero-order chi connectivity index (χ0) is 14.6. The first kappa shape index (κ1) is 15.9. The number of thioether (sulfide) groups is 1. The molecule has 1 saturated heterocycles. The van der Waals surface area contributed by atoms with E-state index in [0.29, 0.717) is 10.9 Å². The average molecular weight is 313 g/mol. The second-order valence-electron chi connectivity index (χ2n) is 5.55. The first-order valence-corrected chi connectivity index (χ1v) is 9.91. The SMILES string of the molecule is Cc1ccc(S(=O)(=O)C[C@H](C)NC2CCSCC2)cc1. The summed E-state index contributed by atoms with van der Waals surface area (Å²) in [6.07, 6.45) is 2.28. The molecule has 2 rings (SSSR count). The van der Waals surface area contributed by atoms with Crippen LogP contribution in [0.5, 0.6) is 0 Å². The summed E-state index contributed by atoms with van der Waals surface area (Å²) in [5.74, 6) is 2.52. The molecule has 1 fully saturated rings. The molecule has 112 valence electrons. The highest BCUT2D eigenvalue weighted by molar-refractivity contribution is 7.99. The van der Waals surface area contributed by atoms with Crippen molar-refractivity contribution in [3.8, 4) is 0 Å². The fraction of sp³-hybridized carbons (Fsp3) is 0.600. The minimum atomic E-state index is -3.19. The van der Waals surface area contributed by atoms with Gasteiger partial charge in [0.15, 0.2) is 9.84 Å². The molecule has 0 spiro atoms. The Morgan fingerprint density at radius 1 is 1.25 bits per heavy atom. The molecule has 0 aromatic heterocycles. The lowest BCUT2D eigenvalue weighted by atomic mass is 10.1. The highest BCUT2D eigenvalue weighted by Gasteiger charge is 2.21. The van der Waals surface area contributed by atoms with Gasteiger partial charge in [-0.2, -0.15) is 11.8 Å². The van der Waals surface area contributed by atoms with Crippen LogP contribution in [-0.2, 0) is 9.84 Å². The monoisotopic (exact) mass is 313 g/mol. The van der Waals surface area contributed by atoms with Gasteiger partial charge in [-0.1, -0.05) is 17.7 Å². The molecule has 0 unspecified atom stereocenters. The maximum absolute atomic E-state index is 12.4. The maximum Gasteiger partial charge on any atom is 0.179 e. The summed E-state index contributed by atoms with van der Waals surface area (Å²) in [6.45, 7) is 3.93. The van der Waals surface area contributed by atoms with Crippen LogP contribution in [0.4, 0.5) is 0 Å². The van der Waals surface area contributed by atoms with Crippen molar-refractivity contribution >= 4 is 21.6 Å². The van der Waals surface area contributed by atoms with Crippen LogP contribution in [0.15, 0.2) is 29.2 Å². The van der Waals surface area contributed by atoms with E-state index in [-0.39, 0.29) is 11.8 Å². The van der Waals surface area contributed by atoms with Gasteiger partial charge in [0.05, 0.1) is 10.6 Å². The molecule has 5 heteroatoms. The Morgan fingerprint density at radius 2 is 1.85 bits per heavy atom. The molecular formula is C15H23NO2S2. The van der Waals surface area contributed by atoms with Gasteiger partial charge in [0.1, 0.15) is 0 Å². The second-order valence-corrected chi connectivity index (χ2v) is 8.81. The van der Waals surface area contributed by atoms with Gasteiger partial charge in [-0.25, -0.2) is 8.42 Å². The van der Waals surface area contributed by atoms with E-state index in [4.69, 9.17) is 0 Å². The van der Waals surface area contributed by atoms with Gasteiger partial charge >= 0.3 is 0 Å². The first-order valence-electron chi connectivity index (χ1n) is 7.10. The third-order valence-corrected chi connectivity index (χ3v) is 6.57. The number of sulfone groups is 1. The van der Waals surface area contributed by atoms with Gasteiger partial charge in [-0.15, -0.1) is 0 Å². The van der Waals surface area contributed by atoms with E-state index < -0.39 is 9.84 Å². The third-order valence-electron chi connectivity index (χ3n) is 3.59. The van der Waals surface area contributed by atoms with Crippen LogP contribution in [0.25, 0.3) is 0 Å². The van der Waals surface area contributed by atoms with E-state index in [9.17, 15) is 8.42 Å². The largest absolute Gasteiger partial charge is 0.310 e. The van der Waals surface area contributed by atoms with Gasteiger partial charge in [0.25, 0.3) is 0 Å². The van der Waals surface area contributed by atoms with Crippen molar-refractivity contribution in [2.45, 2.75) is 43.7 Å². The minimum Gasteiger partial charge on any atom is -0.310 e. The van der Waals surface area contributed by atoms with Gasteiger partial charge in [-0.05, 0) is 50.3 Å². The van der Waals surface area contributed by atoms with Crippen LogP contribution in [0.1, 0.15) is 25.3 Å². The molecule has 1 heterocycles.